The van der Waals surface area contributed by atoms with E-state index in [1.54, 1.807) is 21.4 Å². The van der Waals surface area contributed by atoms with Gasteiger partial charge in [0.25, 0.3) is 0 Å². The van der Waals surface area contributed by atoms with Gasteiger partial charge in [0.05, 0.1) is 14.3 Å². The standard InChI is InChI=1S/C42H36N4S3/c43-21-29(22-44)25-9-7-11-27(17-25)31-19-34-35(41(31)13-3-1-4-14-41)38-40(48-34)36-39(49-38)37-32(42(36)15-5-2-6-16-42)20-33(47-37)28-12-8-10-26(18-28)30(23-45)24-46/h17-20H,1-16H2. The molecule has 0 saturated heterocycles. The molecule has 3 aromatic heterocycles. The van der Waals surface area contributed by atoms with Crippen LogP contribution in [0.1, 0.15) is 129 Å². The smallest absolute Gasteiger partial charge is 0.132 e. The monoisotopic (exact) mass is 692 g/mol. The molecule has 0 amide bonds. The molecule has 0 atom stereocenters. The molecule has 6 aliphatic rings. The van der Waals surface area contributed by atoms with Gasteiger partial charge in [-0.05, 0) is 115 Å². The molecule has 4 nitrogen and oxygen atoms in total. The lowest BCUT2D eigenvalue weighted by Gasteiger charge is -2.39. The molecule has 49 heavy (non-hydrogen) atoms. The highest BCUT2D eigenvalue weighted by Crippen LogP contribution is 2.67. The highest BCUT2D eigenvalue weighted by Gasteiger charge is 2.51. The Bertz CT molecular complexity index is 2250. The van der Waals surface area contributed by atoms with Crippen LogP contribution in [0.3, 0.4) is 0 Å². The average molecular weight is 693 g/mol. The molecule has 0 unspecified atom stereocenters. The SMILES string of the molecule is N#CC(C#N)=C1C=C(C2=Cc3sc4c5c(sc4c3C23CCCCC3)-c2sc(C3=CC(=C(C#N)C#N)CCC3)cc2C52CCCCC2)CCC1. The maximum Gasteiger partial charge on any atom is 0.132 e. The van der Waals surface area contributed by atoms with Crippen molar-refractivity contribution in [2.45, 2.75) is 114 Å². The van der Waals surface area contributed by atoms with Crippen molar-refractivity contribution in [3.05, 3.63) is 78.1 Å². The Morgan fingerprint density at radius 3 is 1.76 bits per heavy atom. The quantitative estimate of drug-likeness (QED) is 0.250. The van der Waals surface area contributed by atoms with Gasteiger partial charge in [-0.1, -0.05) is 50.7 Å². The lowest BCUT2D eigenvalue weighted by atomic mass is 9.64. The molecule has 0 radical (unpaired) electrons. The molecule has 3 heterocycles. The molecule has 9 rings (SSSR count). The molecular weight excluding hydrogens is 657 g/mol. The molecule has 0 aliphatic heterocycles. The van der Waals surface area contributed by atoms with Crippen molar-refractivity contribution < 1.29 is 0 Å². The van der Waals surface area contributed by atoms with E-state index in [1.807, 2.05) is 22.7 Å². The summed E-state index contributed by atoms with van der Waals surface area (Å²) >= 11 is 6.07. The van der Waals surface area contributed by atoms with E-state index in [2.05, 4.69) is 59.9 Å². The second kappa shape index (κ2) is 11.8. The van der Waals surface area contributed by atoms with Crippen molar-refractivity contribution in [2.75, 3.05) is 0 Å². The van der Waals surface area contributed by atoms with Gasteiger partial charge in [0, 0.05) is 31.0 Å². The first-order valence-corrected chi connectivity index (χ1v) is 20.5. The van der Waals surface area contributed by atoms with Gasteiger partial charge in [0.1, 0.15) is 35.4 Å². The highest BCUT2D eigenvalue weighted by atomic mass is 32.1. The Hall–Kier alpha value is -3.98. The number of hydrogen-bond acceptors (Lipinski definition) is 7. The maximum atomic E-state index is 9.66. The van der Waals surface area contributed by atoms with Crippen LogP contribution in [0.15, 0.2) is 51.7 Å². The van der Waals surface area contributed by atoms with Crippen molar-refractivity contribution in [2.24, 2.45) is 0 Å². The first-order chi connectivity index (χ1) is 24.0. The van der Waals surface area contributed by atoms with Gasteiger partial charge in [-0.15, -0.1) is 34.0 Å². The number of nitrogens with zero attached hydrogens (tertiary/aromatic N) is 4. The summed E-state index contributed by atoms with van der Waals surface area (Å²) in [5.41, 5.74) is 11.3. The summed E-state index contributed by atoms with van der Waals surface area (Å²) in [4.78, 5) is 5.76. The number of hydrogen-bond donors (Lipinski definition) is 0. The first kappa shape index (κ1) is 31.0. The van der Waals surface area contributed by atoms with Crippen LogP contribution < -0.4 is 0 Å². The predicted molar refractivity (Wildman–Crippen MR) is 200 cm³/mol. The van der Waals surface area contributed by atoms with Crippen LogP contribution in [0.5, 0.6) is 0 Å². The second-order valence-corrected chi connectivity index (χ2v) is 17.9. The molecular formula is C42H36N4S3. The fourth-order valence-corrected chi connectivity index (χ4v) is 14.9. The van der Waals surface area contributed by atoms with Crippen molar-refractivity contribution in [1.82, 2.24) is 0 Å². The zero-order valence-corrected chi connectivity index (χ0v) is 30.1. The van der Waals surface area contributed by atoms with Crippen molar-refractivity contribution in [3.8, 4) is 34.0 Å². The van der Waals surface area contributed by atoms with Crippen LogP contribution in [0.25, 0.3) is 30.8 Å². The fraction of sp³-hybridized carbons (Fsp3) is 0.429. The third-order valence-electron chi connectivity index (χ3n) is 12.4. The molecule has 242 valence electrons. The normalized spacial score (nSPS) is 21.5. The largest absolute Gasteiger partial charge is 0.192 e. The summed E-state index contributed by atoms with van der Waals surface area (Å²) in [7, 11) is 0. The number of nitriles is 4. The zero-order valence-electron chi connectivity index (χ0n) is 27.6. The predicted octanol–water partition coefficient (Wildman–Crippen LogP) is 12.2. The van der Waals surface area contributed by atoms with E-state index in [0.717, 1.165) is 49.7 Å². The summed E-state index contributed by atoms with van der Waals surface area (Å²) in [6, 6.07) is 11.1. The number of thiophene rings is 3. The Kier molecular flexibility index (Phi) is 7.49. The van der Waals surface area contributed by atoms with E-state index in [9.17, 15) is 21.0 Å². The molecule has 7 heteroatoms. The fourth-order valence-electron chi connectivity index (χ4n) is 10.2. The van der Waals surface area contributed by atoms with Crippen LogP contribution in [0.4, 0.5) is 0 Å². The molecule has 2 spiro atoms. The van der Waals surface area contributed by atoms with Crippen LogP contribution in [0.2, 0.25) is 0 Å². The van der Waals surface area contributed by atoms with Crippen LogP contribution in [0, 0.1) is 45.3 Å². The topological polar surface area (TPSA) is 95.2 Å². The van der Waals surface area contributed by atoms with Crippen LogP contribution in [-0.4, -0.2) is 0 Å². The van der Waals surface area contributed by atoms with Crippen LogP contribution in [-0.2, 0) is 10.8 Å². The molecule has 6 aliphatic carbocycles. The van der Waals surface area contributed by atoms with Gasteiger partial charge in [-0.3, -0.25) is 0 Å². The molecule has 0 N–H and O–H groups in total. The second-order valence-electron chi connectivity index (χ2n) is 14.8. The summed E-state index contributed by atoms with van der Waals surface area (Å²) in [6.07, 6.45) is 24.9. The minimum Gasteiger partial charge on any atom is -0.192 e. The highest BCUT2D eigenvalue weighted by molar-refractivity contribution is 7.32. The summed E-state index contributed by atoms with van der Waals surface area (Å²) in [6.45, 7) is 0. The van der Waals surface area contributed by atoms with Crippen molar-refractivity contribution >= 4 is 55.1 Å². The summed E-state index contributed by atoms with van der Waals surface area (Å²) in [5, 5.41) is 38.5. The van der Waals surface area contributed by atoms with Crippen molar-refractivity contribution in [1.29, 1.82) is 21.0 Å². The maximum absolute atomic E-state index is 9.66. The van der Waals surface area contributed by atoms with Gasteiger partial charge < -0.3 is 0 Å². The Morgan fingerprint density at radius 2 is 1.12 bits per heavy atom. The lowest BCUT2D eigenvalue weighted by molar-refractivity contribution is 0.349. The number of fused-ring (bicyclic) bond motifs is 10. The Morgan fingerprint density at radius 1 is 0.551 bits per heavy atom. The van der Waals surface area contributed by atoms with Gasteiger partial charge >= 0.3 is 0 Å². The van der Waals surface area contributed by atoms with Crippen molar-refractivity contribution in [3.63, 3.8) is 0 Å². The Balaban J connectivity index is 1.21. The zero-order chi connectivity index (χ0) is 33.3. The number of allylic oxidation sites excluding steroid dienone is 9. The van der Waals surface area contributed by atoms with Gasteiger partial charge in [-0.25, -0.2) is 0 Å². The number of rotatable bonds is 2. The minimum absolute atomic E-state index is 0.0240. The van der Waals surface area contributed by atoms with E-state index in [-0.39, 0.29) is 22.0 Å². The first-order valence-electron chi connectivity index (χ1n) is 18.0. The van der Waals surface area contributed by atoms with E-state index in [0.29, 0.717) is 0 Å². The molecule has 3 aromatic rings. The van der Waals surface area contributed by atoms with E-state index >= 15 is 0 Å². The van der Waals surface area contributed by atoms with E-state index in [4.69, 9.17) is 0 Å². The summed E-state index contributed by atoms with van der Waals surface area (Å²) in [5.74, 6) is 0. The third-order valence-corrected chi connectivity index (χ3v) is 16.3. The third kappa shape index (κ3) is 4.46. The Labute approximate surface area is 300 Å². The van der Waals surface area contributed by atoms with E-state index < -0.39 is 0 Å². The summed E-state index contributed by atoms with van der Waals surface area (Å²) < 4.78 is 3.07. The lowest BCUT2D eigenvalue weighted by Crippen LogP contribution is -2.30. The average Bonchev–Trinajstić information content (AvgIpc) is 3.93. The minimum atomic E-state index is 0.0240. The van der Waals surface area contributed by atoms with Gasteiger partial charge in [0.15, 0.2) is 0 Å². The molecule has 0 bridgehead atoms. The van der Waals surface area contributed by atoms with Gasteiger partial charge in [-0.2, -0.15) is 21.0 Å². The molecule has 0 aromatic carbocycles. The van der Waals surface area contributed by atoms with E-state index in [1.165, 1.54) is 105 Å². The van der Waals surface area contributed by atoms with Crippen LogP contribution >= 0.6 is 34.0 Å². The van der Waals surface area contributed by atoms with Gasteiger partial charge in [0.2, 0.25) is 0 Å². The molecule has 2 saturated carbocycles. The molecule has 2 fully saturated rings.